The minimum absolute atomic E-state index is 0.0550. The van der Waals surface area contributed by atoms with Crippen molar-refractivity contribution in [2.75, 3.05) is 7.11 Å². The van der Waals surface area contributed by atoms with Gasteiger partial charge in [0.2, 0.25) is 0 Å². The highest BCUT2D eigenvalue weighted by atomic mass is 35.5. The number of halogens is 2. The SMILES string of the molecule is [C-]#[N+]c1c(C)cccc1-c1c(-c2cccc(-c3ccc(C(=O)OC)cc3Cl)c2)n(S(=O)(=O)c2ccc(C)cc2)c2ccc(F)cc12. The molecule has 0 amide bonds. The van der Waals surface area contributed by atoms with E-state index in [-0.39, 0.29) is 21.7 Å². The number of hydrogen-bond acceptors (Lipinski definition) is 4. The third-order valence-electron chi connectivity index (χ3n) is 7.90. The number of ether oxygens (including phenoxy) is 1. The number of methoxy groups -OCH3 is 1. The van der Waals surface area contributed by atoms with Gasteiger partial charge in [0.15, 0.2) is 5.69 Å². The predicted octanol–water partition coefficient (Wildman–Crippen LogP) is 9.63. The third kappa shape index (κ3) is 5.24. The molecular formula is C37H26ClFN2O4S. The fourth-order valence-electron chi connectivity index (χ4n) is 5.67. The smallest absolute Gasteiger partial charge is 0.337 e. The van der Waals surface area contributed by atoms with Crippen LogP contribution in [-0.2, 0) is 14.8 Å². The zero-order valence-electron chi connectivity index (χ0n) is 25.0. The zero-order valence-corrected chi connectivity index (χ0v) is 26.6. The maximum absolute atomic E-state index is 15.0. The maximum Gasteiger partial charge on any atom is 0.337 e. The molecule has 0 radical (unpaired) electrons. The van der Waals surface area contributed by atoms with Gasteiger partial charge in [0, 0.05) is 27.1 Å². The van der Waals surface area contributed by atoms with Crippen LogP contribution in [0.5, 0.6) is 0 Å². The van der Waals surface area contributed by atoms with Crippen LogP contribution in [0.2, 0.25) is 5.02 Å². The molecule has 0 unspecified atom stereocenters. The second-order valence-corrected chi connectivity index (χ2v) is 13.0. The van der Waals surface area contributed by atoms with E-state index >= 15 is 0 Å². The van der Waals surface area contributed by atoms with Crippen molar-refractivity contribution in [3.05, 3.63) is 142 Å². The molecule has 1 aromatic heterocycles. The van der Waals surface area contributed by atoms with Gasteiger partial charge >= 0.3 is 5.97 Å². The Morgan fingerprint density at radius 1 is 0.870 bits per heavy atom. The summed E-state index contributed by atoms with van der Waals surface area (Å²) >= 11 is 6.64. The summed E-state index contributed by atoms with van der Waals surface area (Å²) in [5.74, 6) is -1.08. The molecule has 0 N–H and O–H groups in total. The normalized spacial score (nSPS) is 11.4. The van der Waals surface area contributed by atoms with Crippen LogP contribution in [0.25, 0.3) is 49.3 Å². The molecule has 6 aromatic rings. The monoisotopic (exact) mass is 648 g/mol. The first kappa shape index (κ1) is 30.8. The summed E-state index contributed by atoms with van der Waals surface area (Å²) in [6.45, 7) is 11.7. The summed E-state index contributed by atoms with van der Waals surface area (Å²) < 4.78 is 50.2. The molecule has 228 valence electrons. The summed E-state index contributed by atoms with van der Waals surface area (Å²) in [6, 6.07) is 27.8. The number of nitrogens with zero attached hydrogens (tertiary/aromatic N) is 2. The van der Waals surface area contributed by atoms with Gasteiger partial charge in [-0.05, 0) is 79.1 Å². The molecule has 5 aromatic carbocycles. The van der Waals surface area contributed by atoms with E-state index in [9.17, 15) is 17.6 Å². The first-order valence-corrected chi connectivity index (χ1v) is 16.0. The second kappa shape index (κ2) is 11.9. The Labute approximate surface area is 271 Å². The minimum Gasteiger partial charge on any atom is -0.465 e. The van der Waals surface area contributed by atoms with Crippen molar-refractivity contribution < 1.29 is 22.3 Å². The van der Waals surface area contributed by atoms with Crippen molar-refractivity contribution in [3.63, 3.8) is 0 Å². The highest BCUT2D eigenvalue weighted by Gasteiger charge is 2.30. The Hall–Kier alpha value is -5.23. The average molecular weight is 649 g/mol. The molecular weight excluding hydrogens is 623 g/mol. The van der Waals surface area contributed by atoms with Gasteiger partial charge in [-0.2, -0.15) is 0 Å². The number of aromatic nitrogens is 1. The number of benzene rings is 5. The molecule has 0 saturated carbocycles. The lowest BCUT2D eigenvalue weighted by molar-refractivity contribution is 0.0600. The third-order valence-corrected chi connectivity index (χ3v) is 9.94. The van der Waals surface area contributed by atoms with Crippen LogP contribution >= 0.6 is 11.6 Å². The van der Waals surface area contributed by atoms with E-state index in [0.29, 0.717) is 49.5 Å². The number of para-hydroxylation sites is 1. The van der Waals surface area contributed by atoms with Crippen molar-refractivity contribution in [1.82, 2.24) is 3.97 Å². The molecule has 9 heteroatoms. The van der Waals surface area contributed by atoms with E-state index in [0.717, 1.165) is 5.56 Å². The quantitative estimate of drug-likeness (QED) is 0.133. The van der Waals surface area contributed by atoms with Gasteiger partial charge in [-0.3, -0.25) is 0 Å². The highest BCUT2D eigenvalue weighted by molar-refractivity contribution is 7.90. The Kier molecular flexibility index (Phi) is 7.99. The van der Waals surface area contributed by atoms with Gasteiger partial charge in [0.05, 0.1) is 35.4 Å². The van der Waals surface area contributed by atoms with Gasteiger partial charge in [-0.1, -0.05) is 71.8 Å². The number of carbonyl (C=O) groups excluding carboxylic acids is 1. The molecule has 0 aliphatic heterocycles. The summed E-state index contributed by atoms with van der Waals surface area (Å²) in [5.41, 5.74) is 5.35. The molecule has 0 aliphatic carbocycles. The van der Waals surface area contributed by atoms with E-state index in [1.807, 2.05) is 13.0 Å². The van der Waals surface area contributed by atoms with Crippen molar-refractivity contribution in [2.24, 2.45) is 0 Å². The zero-order chi connectivity index (χ0) is 32.7. The lowest BCUT2D eigenvalue weighted by atomic mass is 9.94. The Bertz CT molecular complexity index is 2340. The number of fused-ring (bicyclic) bond motifs is 1. The van der Waals surface area contributed by atoms with Gasteiger partial charge in [-0.15, -0.1) is 0 Å². The van der Waals surface area contributed by atoms with Crippen LogP contribution < -0.4 is 0 Å². The summed E-state index contributed by atoms with van der Waals surface area (Å²) in [7, 11) is -2.97. The average Bonchev–Trinajstić information content (AvgIpc) is 3.39. The fraction of sp³-hybridized carbons (Fsp3) is 0.0811. The molecule has 0 atom stereocenters. The molecule has 6 rings (SSSR count). The predicted molar refractivity (Wildman–Crippen MR) is 179 cm³/mol. The summed E-state index contributed by atoms with van der Waals surface area (Å²) in [5, 5.41) is 0.635. The Balaban J connectivity index is 1.73. The van der Waals surface area contributed by atoms with Crippen LogP contribution in [0.4, 0.5) is 10.1 Å². The van der Waals surface area contributed by atoms with E-state index in [2.05, 4.69) is 4.85 Å². The molecule has 0 bridgehead atoms. The largest absolute Gasteiger partial charge is 0.465 e. The van der Waals surface area contributed by atoms with Gasteiger partial charge in [0.25, 0.3) is 10.0 Å². The van der Waals surface area contributed by atoms with Gasteiger partial charge in [0.1, 0.15) is 5.82 Å². The first-order chi connectivity index (χ1) is 22.0. The van der Waals surface area contributed by atoms with Crippen LogP contribution in [0, 0.1) is 26.2 Å². The van der Waals surface area contributed by atoms with E-state index < -0.39 is 21.8 Å². The molecule has 0 saturated heterocycles. The minimum atomic E-state index is -4.26. The molecule has 6 nitrogen and oxygen atoms in total. The molecule has 0 spiro atoms. The molecule has 1 heterocycles. The number of rotatable bonds is 6. The van der Waals surface area contributed by atoms with Crippen LogP contribution in [-0.4, -0.2) is 25.5 Å². The molecule has 46 heavy (non-hydrogen) atoms. The van der Waals surface area contributed by atoms with Crippen molar-refractivity contribution >= 4 is 44.2 Å². The molecule has 0 fully saturated rings. The van der Waals surface area contributed by atoms with E-state index in [1.165, 1.54) is 35.3 Å². The number of hydrogen-bond donors (Lipinski definition) is 0. The number of esters is 1. The maximum atomic E-state index is 15.0. The Morgan fingerprint density at radius 2 is 1.59 bits per heavy atom. The fourth-order valence-corrected chi connectivity index (χ4v) is 7.51. The second-order valence-electron chi connectivity index (χ2n) is 10.8. The molecule has 0 aliphatic rings. The van der Waals surface area contributed by atoms with Crippen LogP contribution in [0.1, 0.15) is 21.5 Å². The van der Waals surface area contributed by atoms with E-state index in [4.69, 9.17) is 22.9 Å². The van der Waals surface area contributed by atoms with Crippen molar-refractivity contribution in [2.45, 2.75) is 18.7 Å². The van der Waals surface area contributed by atoms with Crippen LogP contribution in [0.3, 0.4) is 0 Å². The van der Waals surface area contributed by atoms with E-state index in [1.54, 1.807) is 79.7 Å². The standard InChI is InChI=1S/C37H26ClFN2O4S/c1-22-11-15-28(16-12-22)46(43,44)41-33-18-14-27(39)21-31(33)34(30-10-5-7-23(2)35(30)40-3)36(41)25-9-6-8-24(19-25)29-17-13-26(20-32(29)38)37(42)45-4/h5-21H,1-2,4H3. The highest BCUT2D eigenvalue weighted by Crippen LogP contribution is 2.47. The number of carbonyl (C=O) groups is 1. The van der Waals surface area contributed by atoms with Gasteiger partial charge in [-0.25, -0.2) is 26.4 Å². The van der Waals surface area contributed by atoms with Gasteiger partial charge < -0.3 is 4.74 Å². The first-order valence-electron chi connectivity index (χ1n) is 14.2. The summed E-state index contributed by atoms with van der Waals surface area (Å²) in [4.78, 5) is 15.9. The van der Waals surface area contributed by atoms with Crippen LogP contribution in [0.15, 0.2) is 108 Å². The lowest BCUT2D eigenvalue weighted by Crippen LogP contribution is -2.14. The van der Waals surface area contributed by atoms with Crippen molar-refractivity contribution in [3.8, 4) is 33.5 Å². The topological polar surface area (TPSA) is 69.7 Å². The van der Waals surface area contributed by atoms with Crippen molar-refractivity contribution in [1.29, 1.82) is 0 Å². The Morgan fingerprint density at radius 3 is 2.28 bits per heavy atom. The summed E-state index contributed by atoms with van der Waals surface area (Å²) in [6.07, 6.45) is 0. The number of aryl methyl sites for hydroxylation is 2. The lowest BCUT2D eigenvalue weighted by Gasteiger charge is -2.16.